The zero-order valence-electron chi connectivity index (χ0n) is 21.0. The first-order valence-corrected chi connectivity index (χ1v) is 12.9. The number of piperazine rings is 1. The van der Waals surface area contributed by atoms with Crippen molar-refractivity contribution in [2.45, 2.75) is 31.7 Å². The number of carbonyl (C=O) groups is 1. The number of fused-ring (bicyclic) bond motifs is 1. The topological polar surface area (TPSA) is 78.2 Å². The Balaban J connectivity index is 1.41. The van der Waals surface area contributed by atoms with Gasteiger partial charge in [0.15, 0.2) is 0 Å². The number of amides is 1. The molecule has 0 saturated carbocycles. The van der Waals surface area contributed by atoms with Gasteiger partial charge in [-0.25, -0.2) is 9.37 Å². The Labute approximate surface area is 221 Å². The van der Waals surface area contributed by atoms with Crippen molar-refractivity contribution < 1.29 is 9.18 Å². The van der Waals surface area contributed by atoms with Crippen LogP contribution in [0.2, 0.25) is 5.02 Å². The highest BCUT2D eigenvalue weighted by Crippen LogP contribution is 2.37. The van der Waals surface area contributed by atoms with Crippen molar-refractivity contribution in [1.29, 1.82) is 0 Å². The first kappa shape index (κ1) is 25.2. The number of nitrogens with zero attached hydrogens (tertiary/aromatic N) is 3. The summed E-state index contributed by atoms with van der Waals surface area (Å²) in [7, 11) is 0. The van der Waals surface area contributed by atoms with E-state index in [0.717, 1.165) is 33.4 Å². The van der Waals surface area contributed by atoms with Gasteiger partial charge in [0, 0.05) is 60.1 Å². The molecule has 2 aromatic heterocycles. The van der Waals surface area contributed by atoms with Gasteiger partial charge in [0.2, 0.25) is 5.91 Å². The van der Waals surface area contributed by atoms with Crippen LogP contribution >= 0.6 is 11.6 Å². The number of nitrogens with two attached hydrogens (primary N) is 1. The van der Waals surface area contributed by atoms with Crippen molar-refractivity contribution >= 4 is 34.2 Å². The normalized spacial score (nSPS) is 15.3. The molecule has 0 spiro atoms. The number of rotatable bonds is 6. The van der Waals surface area contributed by atoms with Crippen LogP contribution in [0, 0.1) is 5.82 Å². The molecular formula is C29H31ClFN5O. The third-order valence-electron chi connectivity index (χ3n) is 6.90. The zero-order valence-corrected chi connectivity index (χ0v) is 21.8. The van der Waals surface area contributed by atoms with Gasteiger partial charge in [0.05, 0.1) is 11.6 Å². The Kier molecular flexibility index (Phi) is 6.92. The standard InChI is InChI=1S/C29H31ClFN5O/c1-29(2,32)17-24(19-6-8-21(30)9-7-19)28(37)36-14-12-35(13-15-36)26-23-10-11-33-27(23)34-18-25(26)20-4-3-5-22(31)16-20/h3-11,16,18,24H,12-15,17,32H2,1-2H3,(H,33,34)/t24-/m1/s1. The molecule has 1 saturated heterocycles. The second-order valence-corrected chi connectivity index (χ2v) is 10.8. The number of aromatic amines is 1. The van der Waals surface area contributed by atoms with E-state index in [9.17, 15) is 9.18 Å². The van der Waals surface area contributed by atoms with E-state index in [1.807, 2.05) is 61.3 Å². The molecule has 0 unspecified atom stereocenters. The molecule has 1 atom stereocenters. The third kappa shape index (κ3) is 5.48. The summed E-state index contributed by atoms with van der Waals surface area (Å²) in [6.07, 6.45) is 4.19. The first-order chi connectivity index (χ1) is 17.7. The largest absolute Gasteiger partial charge is 0.367 e. The maximum atomic E-state index is 14.1. The average Bonchev–Trinajstić information content (AvgIpc) is 3.35. The second-order valence-electron chi connectivity index (χ2n) is 10.4. The lowest BCUT2D eigenvalue weighted by Gasteiger charge is -2.39. The summed E-state index contributed by atoms with van der Waals surface area (Å²) in [5, 5.41) is 1.61. The predicted octanol–water partition coefficient (Wildman–Crippen LogP) is 5.58. The van der Waals surface area contributed by atoms with Crippen LogP contribution in [0.4, 0.5) is 10.1 Å². The van der Waals surface area contributed by atoms with Gasteiger partial charge in [-0.3, -0.25) is 4.79 Å². The summed E-state index contributed by atoms with van der Waals surface area (Å²) >= 11 is 6.10. The quantitative estimate of drug-likeness (QED) is 0.348. The number of carbonyl (C=O) groups excluding carboxylic acids is 1. The monoisotopic (exact) mass is 519 g/mol. The van der Waals surface area contributed by atoms with Crippen LogP contribution in [-0.4, -0.2) is 52.5 Å². The first-order valence-electron chi connectivity index (χ1n) is 12.5. The van der Waals surface area contributed by atoms with Gasteiger partial charge >= 0.3 is 0 Å². The number of benzene rings is 2. The molecule has 2 aromatic carbocycles. The Morgan fingerprint density at radius 2 is 1.86 bits per heavy atom. The van der Waals surface area contributed by atoms with Gasteiger partial charge in [-0.2, -0.15) is 0 Å². The highest BCUT2D eigenvalue weighted by molar-refractivity contribution is 6.30. The summed E-state index contributed by atoms with van der Waals surface area (Å²) in [5.74, 6) is -0.555. The van der Waals surface area contributed by atoms with E-state index >= 15 is 0 Å². The molecule has 37 heavy (non-hydrogen) atoms. The number of anilines is 1. The van der Waals surface area contributed by atoms with Crippen molar-refractivity contribution in [3.05, 3.63) is 83.4 Å². The van der Waals surface area contributed by atoms with Gasteiger partial charge in [0.1, 0.15) is 11.5 Å². The molecule has 192 valence electrons. The van der Waals surface area contributed by atoms with Crippen molar-refractivity contribution in [2.24, 2.45) is 5.73 Å². The smallest absolute Gasteiger partial charge is 0.230 e. The fourth-order valence-corrected chi connectivity index (χ4v) is 5.27. The molecule has 3 heterocycles. The minimum atomic E-state index is -0.501. The lowest BCUT2D eigenvalue weighted by atomic mass is 9.85. The van der Waals surface area contributed by atoms with E-state index in [1.54, 1.807) is 12.3 Å². The van der Waals surface area contributed by atoms with Crippen molar-refractivity contribution in [3.8, 4) is 11.1 Å². The number of nitrogens with one attached hydrogen (secondary N) is 1. The molecule has 3 N–H and O–H groups in total. The Hall–Kier alpha value is -3.42. The SMILES string of the molecule is CC(C)(N)C[C@@H](C(=O)N1CCN(c2c(-c3cccc(F)c3)cnc3[nH]ccc23)CC1)c1ccc(Cl)cc1. The number of hydrogen-bond acceptors (Lipinski definition) is 4. The van der Waals surface area contributed by atoms with Crippen LogP contribution < -0.4 is 10.6 Å². The van der Waals surface area contributed by atoms with Gasteiger partial charge in [-0.15, -0.1) is 0 Å². The molecule has 0 radical (unpaired) electrons. The summed E-state index contributed by atoms with van der Waals surface area (Å²) in [4.78, 5) is 25.7. The van der Waals surface area contributed by atoms with E-state index in [2.05, 4.69) is 14.9 Å². The zero-order chi connectivity index (χ0) is 26.2. The molecule has 0 bridgehead atoms. The van der Waals surface area contributed by atoms with E-state index in [-0.39, 0.29) is 17.6 Å². The van der Waals surface area contributed by atoms with E-state index < -0.39 is 5.54 Å². The Morgan fingerprint density at radius 3 is 2.54 bits per heavy atom. The highest BCUT2D eigenvalue weighted by Gasteiger charge is 2.32. The van der Waals surface area contributed by atoms with Crippen LogP contribution in [-0.2, 0) is 4.79 Å². The van der Waals surface area contributed by atoms with Crippen LogP contribution in [0.15, 0.2) is 67.0 Å². The number of pyridine rings is 1. The molecule has 6 nitrogen and oxygen atoms in total. The van der Waals surface area contributed by atoms with Crippen molar-refractivity contribution in [1.82, 2.24) is 14.9 Å². The summed E-state index contributed by atoms with van der Waals surface area (Å²) in [6.45, 7) is 6.34. The number of aromatic nitrogens is 2. The number of hydrogen-bond donors (Lipinski definition) is 2. The average molecular weight is 520 g/mol. The third-order valence-corrected chi connectivity index (χ3v) is 7.15. The maximum absolute atomic E-state index is 14.1. The molecule has 8 heteroatoms. The van der Waals surface area contributed by atoms with Gasteiger partial charge < -0.3 is 20.5 Å². The molecule has 1 fully saturated rings. The molecule has 0 aliphatic carbocycles. The second kappa shape index (κ2) is 10.1. The summed E-state index contributed by atoms with van der Waals surface area (Å²) in [6, 6.07) is 16.0. The van der Waals surface area contributed by atoms with E-state index in [0.29, 0.717) is 37.6 Å². The van der Waals surface area contributed by atoms with Crippen molar-refractivity contribution in [2.75, 3.05) is 31.1 Å². The minimum Gasteiger partial charge on any atom is -0.367 e. The molecule has 5 rings (SSSR count). The maximum Gasteiger partial charge on any atom is 0.230 e. The van der Waals surface area contributed by atoms with E-state index in [4.69, 9.17) is 17.3 Å². The lowest BCUT2D eigenvalue weighted by Crippen LogP contribution is -2.51. The van der Waals surface area contributed by atoms with E-state index in [1.165, 1.54) is 12.1 Å². The Morgan fingerprint density at radius 1 is 1.14 bits per heavy atom. The lowest BCUT2D eigenvalue weighted by molar-refractivity contribution is -0.133. The van der Waals surface area contributed by atoms with Crippen LogP contribution in [0.3, 0.4) is 0 Å². The van der Waals surface area contributed by atoms with Gasteiger partial charge in [-0.1, -0.05) is 35.9 Å². The van der Waals surface area contributed by atoms with Gasteiger partial charge in [-0.05, 0) is 61.7 Å². The fraction of sp³-hybridized carbons (Fsp3) is 0.310. The van der Waals surface area contributed by atoms with Gasteiger partial charge in [0.25, 0.3) is 0 Å². The number of halogens is 2. The highest BCUT2D eigenvalue weighted by atomic mass is 35.5. The minimum absolute atomic E-state index is 0.0763. The summed E-state index contributed by atoms with van der Waals surface area (Å²) < 4.78 is 14.1. The predicted molar refractivity (Wildman–Crippen MR) is 147 cm³/mol. The molecule has 1 aliphatic rings. The fourth-order valence-electron chi connectivity index (χ4n) is 5.14. The van der Waals surface area contributed by atoms with Crippen LogP contribution in [0.1, 0.15) is 31.7 Å². The van der Waals surface area contributed by atoms with Crippen LogP contribution in [0.5, 0.6) is 0 Å². The van der Waals surface area contributed by atoms with Crippen molar-refractivity contribution in [3.63, 3.8) is 0 Å². The summed E-state index contributed by atoms with van der Waals surface area (Å²) in [5.41, 5.74) is 10.2. The van der Waals surface area contributed by atoms with Crippen LogP contribution in [0.25, 0.3) is 22.2 Å². The molecule has 1 aliphatic heterocycles. The molecule has 1 amide bonds. The Bertz CT molecular complexity index is 1400. The molecule has 4 aromatic rings. The number of H-pyrrole nitrogens is 1. The molecular weight excluding hydrogens is 489 g/mol.